The summed E-state index contributed by atoms with van der Waals surface area (Å²) in [4.78, 5) is 11.1. The fraction of sp³-hybridized carbons (Fsp3) is 0.909. The molecule has 7 nitrogen and oxygen atoms in total. The summed E-state index contributed by atoms with van der Waals surface area (Å²) in [5, 5.41) is 0. The number of carbonyl (C=O) groups is 1. The summed E-state index contributed by atoms with van der Waals surface area (Å²) in [7, 11) is -3.56. The number of rotatable bonds is 6. The lowest BCUT2D eigenvalue weighted by Gasteiger charge is -2.34. The second kappa shape index (κ2) is 7.18. The van der Waals surface area contributed by atoms with E-state index in [9.17, 15) is 13.2 Å². The molecular weight excluding hydrogens is 272 g/mol. The Kier molecular flexibility index (Phi) is 6.18. The van der Waals surface area contributed by atoms with Gasteiger partial charge in [0.15, 0.2) is 0 Å². The lowest BCUT2D eigenvalue weighted by atomic mass is 10.3. The molecule has 0 saturated carbocycles. The molecule has 0 unspecified atom stereocenters. The first-order valence-corrected chi connectivity index (χ1v) is 7.85. The Morgan fingerprint density at radius 1 is 1.37 bits per heavy atom. The molecule has 2 atom stereocenters. The second-order valence-electron chi connectivity index (χ2n) is 4.53. The molecule has 8 heteroatoms. The van der Waals surface area contributed by atoms with Crippen LogP contribution in [0.2, 0.25) is 0 Å². The molecule has 0 amide bonds. The van der Waals surface area contributed by atoms with E-state index in [1.165, 1.54) is 4.31 Å². The summed E-state index contributed by atoms with van der Waals surface area (Å²) in [5.41, 5.74) is 0. The number of hydrogen-bond donors (Lipinski definition) is 1. The van der Waals surface area contributed by atoms with Gasteiger partial charge >= 0.3 is 5.97 Å². The van der Waals surface area contributed by atoms with Gasteiger partial charge in [0.05, 0.1) is 25.2 Å². The summed E-state index contributed by atoms with van der Waals surface area (Å²) in [6.45, 7) is 6.34. The molecule has 1 aliphatic rings. The summed E-state index contributed by atoms with van der Waals surface area (Å²) < 4.78 is 38.0. The van der Waals surface area contributed by atoms with E-state index >= 15 is 0 Å². The van der Waals surface area contributed by atoms with Crippen LogP contribution in [0.25, 0.3) is 0 Å². The lowest BCUT2D eigenvalue weighted by molar-refractivity contribution is -0.142. The van der Waals surface area contributed by atoms with E-state index < -0.39 is 16.2 Å². The van der Waals surface area contributed by atoms with Crippen molar-refractivity contribution in [2.45, 2.75) is 39.4 Å². The molecule has 1 N–H and O–H groups in total. The molecule has 0 radical (unpaired) electrons. The van der Waals surface area contributed by atoms with Crippen LogP contribution in [0.5, 0.6) is 0 Å². The van der Waals surface area contributed by atoms with Crippen LogP contribution in [0.15, 0.2) is 0 Å². The maximum atomic E-state index is 12.0. The predicted octanol–water partition coefficient (Wildman–Crippen LogP) is -0.117. The third-order valence-corrected chi connectivity index (χ3v) is 4.19. The van der Waals surface area contributed by atoms with Gasteiger partial charge < -0.3 is 9.47 Å². The van der Waals surface area contributed by atoms with Crippen LogP contribution in [-0.2, 0) is 24.5 Å². The Morgan fingerprint density at radius 3 is 2.47 bits per heavy atom. The van der Waals surface area contributed by atoms with E-state index in [0.717, 1.165) is 0 Å². The van der Waals surface area contributed by atoms with Gasteiger partial charge in [-0.3, -0.25) is 4.79 Å². The van der Waals surface area contributed by atoms with E-state index in [1.54, 1.807) is 6.92 Å². The van der Waals surface area contributed by atoms with Crippen LogP contribution in [-0.4, -0.2) is 57.1 Å². The Morgan fingerprint density at radius 2 is 1.95 bits per heavy atom. The molecule has 1 fully saturated rings. The molecule has 0 aromatic rings. The van der Waals surface area contributed by atoms with Gasteiger partial charge in [-0.1, -0.05) is 0 Å². The molecule has 0 aromatic heterocycles. The highest BCUT2D eigenvalue weighted by atomic mass is 32.2. The van der Waals surface area contributed by atoms with E-state index in [1.807, 2.05) is 13.8 Å². The highest BCUT2D eigenvalue weighted by Crippen LogP contribution is 2.13. The first-order valence-electron chi connectivity index (χ1n) is 6.41. The predicted molar refractivity (Wildman–Crippen MR) is 69.8 cm³/mol. The quantitative estimate of drug-likeness (QED) is 0.691. The summed E-state index contributed by atoms with van der Waals surface area (Å²) >= 11 is 0. The maximum absolute atomic E-state index is 12.0. The Bertz CT molecular complexity index is 388. The van der Waals surface area contributed by atoms with Crippen molar-refractivity contribution in [3.05, 3.63) is 0 Å². The zero-order valence-electron chi connectivity index (χ0n) is 11.6. The van der Waals surface area contributed by atoms with Crippen LogP contribution < -0.4 is 4.72 Å². The average molecular weight is 294 g/mol. The van der Waals surface area contributed by atoms with Crippen LogP contribution >= 0.6 is 0 Å². The zero-order chi connectivity index (χ0) is 14.5. The minimum absolute atomic E-state index is 0.0303. The largest absolute Gasteiger partial charge is 0.466 e. The third kappa shape index (κ3) is 5.43. The van der Waals surface area contributed by atoms with Gasteiger partial charge in [0.1, 0.15) is 0 Å². The van der Waals surface area contributed by atoms with E-state index in [0.29, 0.717) is 19.7 Å². The fourth-order valence-corrected chi connectivity index (χ4v) is 3.29. The topological polar surface area (TPSA) is 84.9 Å². The molecular formula is C11H22N2O5S. The first kappa shape index (κ1) is 16.4. The molecule has 112 valence electrons. The molecule has 1 aliphatic heterocycles. The minimum atomic E-state index is -3.56. The number of nitrogens with one attached hydrogen (secondary N) is 1. The average Bonchev–Trinajstić information content (AvgIpc) is 2.27. The minimum Gasteiger partial charge on any atom is -0.466 e. The third-order valence-electron chi connectivity index (χ3n) is 2.64. The number of hydrogen-bond acceptors (Lipinski definition) is 5. The van der Waals surface area contributed by atoms with Crippen LogP contribution in [0.3, 0.4) is 0 Å². The van der Waals surface area contributed by atoms with Gasteiger partial charge in [0.25, 0.3) is 10.2 Å². The van der Waals surface area contributed by atoms with Crippen LogP contribution in [0, 0.1) is 0 Å². The highest BCUT2D eigenvalue weighted by Gasteiger charge is 2.30. The number of nitrogens with zero attached hydrogens (tertiary/aromatic N) is 1. The molecule has 0 aliphatic carbocycles. The van der Waals surface area contributed by atoms with Crippen molar-refractivity contribution in [3.63, 3.8) is 0 Å². The van der Waals surface area contributed by atoms with Gasteiger partial charge in [-0.25, -0.2) is 4.72 Å². The molecule has 0 aromatic carbocycles. The fourth-order valence-electron chi connectivity index (χ4n) is 1.93. The molecule has 0 bridgehead atoms. The Hall–Kier alpha value is -0.700. The highest BCUT2D eigenvalue weighted by molar-refractivity contribution is 7.87. The number of esters is 1. The standard InChI is InChI=1S/C11H22N2O5S/c1-4-17-11(14)5-6-12-19(15,16)13-7-9(2)18-10(3)8-13/h9-10,12H,4-8H2,1-3H3/t9-,10+. The van der Waals surface area contributed by atoms with Crippen molar-refractivity contribution in [1.29, 1.82) is 0 Å². The van der Waals surface area contributed by atoms with E-state index in [2.05, 4.69) is 4.72 Å². The molecule has 1 saturated heterocycles. The number of carbonyl (C=O) groups excluding carboxylic acids is 1. The van der Waals surface area contributed by atoms with Crippen molar-refractivity contribution in [2.24, 2.45) is 0 Å². The van der Waals surface area contributed by atoms with Crippen molar-refractivity contribution in [2.75, 3.05) is 26.2 Å². The van der Waals surface area contributed by atoms with Crippen molar-refractivity contribution >= 4 is 16.2 Å². The normalized spacial score (nSPS) is 25.2. The van der Waals surface area contributed by atoms with Gasteiger partial charge in [-0.15, -0.1) is 0 Å². The monoisotopic (exact) mass is 294 g/mol. The smallest absolute Gasteiger partial charge is 0.307 e. The van der Waals surface area contributed by atoms with Crippen LogP contribution in [0.1, 0.15) is 27.2 Å². The zero-order valence-corrected chi connectivity index (χ0v) is 12.4. The van der Waals surface area contributed by atoms with Crippen LogP contribution in [0.4, 0.5) is 0 Å². The van der Waals surface area contributed by atoms with Crippen molar-refractivity contribution in [3.8, 4) is 0 Å². The van der Waals surface area contributed by atoms with Gasteiger partial charge in [-0.05, 0) is 20.8 Å². The lowest BCUT2D eigenvalue weighted by Crippen LogP contribution is -2.52. The second-order valence-corrected chi connectivity index (χ2v) is 6.28. The molecule has 0 spiro atoms. The summed E-state index contributed by atoms with van der Waals surface area (Å²) in [6, 6.07) is 0. The number of ether oxygens (including phenoxy) is 2. The van der Waals surface area contributed by atoms with Gasteiger partial charge in [0.2, 0.25) is 0 Å². The SMILES string of the molecule is CCOC(=O)CCNS(=O)(=O)N1C[C@@H](C)O[C@@H](C)C1. The van der Waals surface area contributed by atoms with Gasteiger partial charge in [0, 0.05) is 19.6 Å². The molecule has 1 rings (SSSR count). The molecule has 19 heavy (non-hydrogen) atoms. The maximum Gasteiger partial charge on any atom is 0.307 e. The summed E-state index contributed by atoms with van der Waals surface area (Å²) in [6.07, 6.45) is -0.238. The Balaban J connectivity index is 2.45. The first-order chi connectivity index (χ1) is 8.85. The van der Waals surface area contributed by atoms with Crippen molar-refractivity contribution in [1.82, 2.24) is 9.03 Å². The number of morpholine rings is 1. The molecule has 1 heterocycles. The van der Waals surface area contributed by atoms with Crippen molar-refractivity contribution < 1.29 is 22.7 Å². The Labute approximate surface area is 114 Å². The van der Waals surface area contributed by atoms with E-state index in [-0.39, 0.29) is 25.2 Å². The van der Waals surface area contributed by atoms with Gasteiger partial charge in [-0.2, -0.15) is 12.7 Å². The summed E-state index contributed by atoms with van der Waals surface area (Å²) in [5.74, 6) is -0.408. The van der Waals surface area contributed by atoms with E-state index in [4.69, 9.17) is 9.47 Å².